The first-order chi connectivity index (χ1) is 12.6. The van der Waals surface area contributed by atoms with Crippen LogP contribution in [-0.4, -0.2) is 36.0 Å². The molecule has 0 radical (unpaired) electrons. The van der Waals surface area contributed by atoms with Crippen LogP contribution in [-0.2, 0) is 4.79 Å². The molecule has 7 nitrogen and oxygen atoms in total. The molecule has 0 unspecified atom stereocenters. The molecule has 0 spiro atoms. The second-order valence-corrected chi connectivity index (χ2v) is 6.33. The van der Waals surface area contributed by atoms with E-state index in [1.165, 1.54) is 0 Å². The molecule has 0 aromatic heterocycles. The van der Waals surface area contributed by atoms with Gasteiger partial charge in [-0.25, -0.2) is 0 Å². The van der Waals surface area contributed by atoms with Gasteiger partial charge in [0, 0.05) is 18.8 Å². The molecule has 0 saturated carbocycles. The summed E-state index contributed by atoms with van der Waals surface area (Å²) in [6, 6.07) is 10.3. The summed E-state index contributed by atoms with van der Waals surface area (Å²) < 4.78 is 0. The summed E-state index contributed by atoms with van der Waals surface area (Å²) in [6.45, 7) is 1.30. The second kappa shape index (κ2) is 9.42. The zero-order chi connectivity index (χ0) is 18.9. The van der Waals surface area contributed by atoms with Gasteiger partial charge in [0.05, 0.1) is 23.2 Å². The topological polar surface area (TPSA) is 130 Å². The standard InChI is InChI=1S/C19H22N6O/c20-11-14-6-7-16(10-15(14)12-21)24-8-2-1-5-18(23)19(26)25-9-3-4-17(25)13-22/h6-7,10,17-18,24H,1-5,8-9,23H2/t17-,18-/m0/s1. The second-order valence-electron chi connectivity index (χ2n) is 6.33. The molecule has 1 aromatic rings. The van der Waals surface area contributed by atoms with Crippen molar-refractivity contribution >= 4 is 11.6 Å². The molecule has 1 fully saturated rings. The zero-order valence-corrected chi connectivity index (χ0v) is 14.6. The van der Waals surface area contributed by atoms with Gasteiger partial charge in [0.15, 0.2) is 0 Å². The number of unbranched alkanes of at least 4 members (excludes halogenated alkanes) is 1. The first kappa shape index (κ1) is 19.2. The van der Waals surface area contributed by atoms with Crippen molar-refractivity contribution in [2.24, 2.45) is 5.73 Å². The Labute approximate surface area is 153 Å². The van der Waals surface area contributed by atoms with Crippen molar-refractivity contribution < 1.29 is 4.79 Å². The third-order valence-corrected chi connectivity index (χ3v) is 4.53. The van der Waals surface area contributed by atoms with Gasteiger partial charge in [-0.2, -0.15) is 15.8 Å². The van der Waals surface area contributed by atoms with Crippen LogP contribution in [0.15, 0.2) is 18.2 Å². The number of amides is 1. The number of nitriles is 3. The first-order valence-electron chi connectivity index (χ1n) is 8.74. The molecule has 26 heavy (non-hydrogen) atoms. The van der Waals surface area contributed by atoms with Crippen LogP contribution in [0.2, 0.25) is 0 Å². The molecule has 3 N–H and O–H groups in total. The third-order valence-electron chi connectivity index (χ3n) is 4.53. The van der Waals surface area contributed by atoms with Gasteiger partial charge in [0.2, 0.25) is 5.91 Å². The van der Waals surface area contributed by atoms with Crippen LogP contribution in [0.3, 0.4) is 0 Å². The quantitative estimate of drug-likeness (QED) is 0.722. The molecule has 1 aliphatic rings. The third kappa shape index (κ3) is 4.72. The molecule has 1 aromatic carbocycles. The van der Waals surface area contributed by atoms with E-state index in [9.17, 15) is 4.79 Å². The maximum atomic E-state index is 12.3. The number of hydrogen-bond donors (Lipinski definition) is 2. The fraction of sp³-hybridized carbons (Fsp3) is 0.474. The van der Waals surface area contributed by atoms with E-state index in [-0.39, 0.29) is 11.9 Å². The molecular weight excluding hydrogens is 328 g/mol. The Hall–Kier alpha value is -3.08. The predicted octanol–water partition coefficient (Wildman–Crippen LogP) is 1.85. The monoisotopic (exact) mass is 350 g/mol. The fourth-order valence-electron chi connectivity index (χ4n) is 3.07. The van der Waals surface area contributed by atoms with E-state index in [0.29, 0.717) is 30.6 Å². The van der Waals surface area contributed by atoms with E-state index in [2.05, 4.69) is 11.4 Å². The fourth-order valence-corrected chi connectivity index (χ4v) is 3.07. The number of nitrogens with two attached hydrogens (primary N) is 1. The van der Waals surface area contributed by atoms with Crippen LogP contribution in [0, 0.1) is 34.0 Å². The van der Waals surface area contributed by atoms with Crippen LogP contribution in [0.5, 0.6) is 0 Å². The van der Waals surface area contributed by atoms with Crippen LogP contribution >= 0.6 is 0 Å². The van der Waals surface area contributed by atoms with E-state index in [4.69, 9.17) is 21.5 Å². The van der Waals surface area contributed by atoms with Crippen molar-refractivity contribution in [2.75, 3.05) is 18.4 Å². The Bertz CT molecular complexity index is 770. The highest BCUT2D eigenvalue weighted by molar-refractivity contribution is 5.82. The Kier molecular flexibility index (Phi) is 6.97. The van der Waals surface area contributed by atoms with Crippen LogP contribution in [0.25, 0.3) is 0 Å². The molecule has 0 aliphatic carbocycles. The number of carbonyl (C=O) groups excluding carboxylic acids is 1. The summed E-state index contributed by atoms with van der Waals surface area (Å²) in [5.41, 5.74) is 7.49. The van der Waals surface area contributed by atoms with Crippen LogP contribution in [0.1, 0.15) is 43.2 Å². The van der Waals surface area contributed by atoms with Gasteiger partial charge in [-0.05, 0) is 50.3 Å². The summed E-state index contributed by atoms with van der Waals surface area (Å²) in [4.78, 5) is 13.9. The number of nitrogens with one attached hydrogen (secondary N) is 1. The summed E-state index contributed by atoms with van der Waals surface area (Å²) in [5, 5.41) is 30.2. The average Bonchev–Trinajstić information content (AvgIpc) is 3.15. The molecule has 134 valence electrons. The Balaban J connectivity index is 1.72. The van der Waals surface area contributed by atoms with Gasteiger partial charge in [0.1, 0.15) is 18.2 Å². The van der Waals surface area contributed by atoms with Gasteiger partial charge in [0.25, 0.3) is 0 Å². The summed E-state index contributed by atoms with van der Waals surface area (Å²) in [7, 11) is 0. The van der Waals surface area contributed by atoms with Crippen molar-refractivity contribution in [3.05, 3.63) is 29.3 Å². The van der Waals surface area contributed by atoms with E-state index < -0.39 is 6.04 Å². The lowest BCUT2D eigenvalue weighted by atomic mass is 10.1. The van der Waals surface area contributed by atoms with Crippen molar-refractivity contribution in [2.45, 2.75) is 44.2 Å². The molecule has 1 aliphatic heterocycles. The van der Waals surface area contributed by atoms with Gasteiger partial charge in [-0.3, -0.25) is 4.79 Å². The maximum absolute atomic E-state index is 12.3. The molecular formula is C19H22N6O. The van der Waals surface area contributed by atoms with Crippen molar-refractivity contribution in [3.8, 4) is 18.2 Å². The number of nitrogens with zero attached hydrogens (tertiary/aromatic N) is 4. The lowest BCUT2D eigenvalue weighted by Gasteiger charge is -2.23. The lowest BCUT2D eigenvalue weighted by molar-refractivity contribution is -0.132. The molecule has 2 atom stereocenters. The zero-order valence-electron chi connectivity index (χ0n) is 14.6. The molecule has 0 bridgehead atoms. The summed E-state index contributed by atoms with van der Waals surface area (Å²) in [5.74, 6) is -0.132. The van der Waals surface area contributed by atoms with Crippen molar-refractivity contribution in [1.29, 1.82) is 15.8 Å². The minimum atomic E-state index is -0.566. The minimum Gasteiger partial charge on any atom is -0.385 e. The van der Waals surface area contributed by atoms with Gasteiger partial charge < -0.3 is 16.0 Å². The Morgan fingerprint density at radius 3 is 2.73 bits per heavy atom. The van der Waals surface area contributed by atoms with Crippen molar-refractivity contribution in [1.82, 2.24) is 4.90 Å². The number of carbonyl (C=O) groups is 1. The number of anilines is 1. The van der Waals surface area contributed by atoms with Crippen LogP contribution in [0.4, 0.5) is 5.69 Å². The number of likely N-dealkylation sites (tertiary alicyclic amines) is 1. The van der Waals surface area contributed by atoms with Gasteiger partial charge >= 0.3 is 0 Å². The average molecular weight is 350 g/mol. The first-order valence-corrected chi connectivity index (χ1v) is 8.74. The number of rotatable bonds is 7. The van der Waals surface area contributed by atoms with E-state index in [1.54, 1.807) is 23.1 Å². The number of benzene rings is 1. The Morgan fingerprint density at radius 2 is 2.04 bits per heavy atom. The summed E-state index contributed by atoms with van der Waals surface area (Å²) >= 11 is 0. The SMILES string of the molecule is N#Cc1ccc(NCCCC[C@H](N)C(=O)N2CCC[C@H]2C#N)cc1C#N. The summed E-state index contributed by atoms with van der Waals surface area (Å²) in [6.07, 6.45) is 3.77. The molecule has 2 rings (SSSR count). The van der Waals surface area contributed by atoms with Crippen molar-refractivity contribution in [3.63, 3.8) is 0 Å². The van der Waals surface area contributed by atoms with Gasteiger partial charge in [-0.15, -0.1) is 0 Å². The number of hydrogen-bond acceptors (Lipinski definition) is 6. The highest BCUT2D eigenvalue weighted by Crippen LogP contribution is 2.18. The van der Waals surface area contributed by atoms with Gasteiger partial charge in [-0.1, -0.05) is 0 Å². The maximum Gasteiger partial charge on any atom is 0.240 e. The van der Waals surface area contributed by atoms with E-state index in [0.717, 1.165) is 31.4 Å². The lowest BCUT2D eigenvalue weighted by Crippen LogP contribution is -2.45. The molecule has 1 saturated heterocycles. The van der Waals surface area contributed by atoms with E-state index >= 15 is 0 Å². The van der Waals surface area contributed by atoms with E-state index in [1.807, 2.05) is 12.1 Å². The largest absolute Gasteiger partial charge is 0.385 e. The molecule has 1 amide bonds. The normalized spacial score (nSPS) is 17.0. The Morgan fingerprint density at radius 1 is 1.27 bits per heavy atom. The smallest absolute Gasteiger partial charge is 0.240 e. The highest BCUT2D eigenvalue weighted by atomic mass is 16.2. The molecule has 7 heteroatoms. The molecule has 1 heterocycles. The van der Waals surface area contributed by atoms with Crippen LogP contribution < -0.4 is 11.1 Å². The predicted molar refractivity (Wildman–Crippen MR) is 96.5 cm³/mol. The minimum absolute atomic E-state index is 0.132. The highest BCUT2D eigenvalue weighted by Gasteiger charge is 2.31.